The number of rotatable bonds is 3. The number of fused-ring (bicyclic) bond motifs is 1. The van der Waals surface area contributed by atoms with Gasteiger partial charge in [-0.15, -0.1) is 0 Å². The summed E-state index contributed by atoms with van der Waals surface area (Å²) in [6.07, 6.45) is 2.53. The molecule has 0 aliphatic carbocycles. The first-order valence-corrected chi connectivity index (χ1v) is 6.66. The molecule has 100 valence electrons. The number of esters is 1. The van der Waals surface area contributed by atoms with E-state index in [2.05, 4.69) is 15.9 Å². The molecule has 0 fully saturated rings. The predicted octanol–water partition coefficient (Wildman–Crippen LogP) is 3.58. The zero-order valence-corrected chi connectivity index (χ0v) is 12.5. The number of halogens is 1. The van der Waals surface area contributed by atoms with Gasteiger partial charge in [-0.3, -0.25) is 4.79 Å². The molecule has 0 saturated carbocycles. The maximum Gasteiger partial charge on any atom is 0.338 e. The second-order valence-corrected chi connectivity index (χ2v) is 5.46. The van der Waals surface area contributed by atoms with E-state index in [0.717, 1.165) is 16.3 Å². The lowest BCUT2D eigenvalue weighted by atomic mass is 10.1. The van der Waals surface area contributed by atoms with Gasteiger partial charge in [-0.1, -0.05) is 15.9 Å². The van der Waals surface area contributed by atoms with Crippen LogP contribution in [0.15, 0.2) is 22.8 Å². The molecule has 0 atom stereocenters. The van der Waals surface area contributed by atoms with Crippen molar-refractivity contribution in [3.05, 3.63) is 33.9 Å². The molecule has 0 aliphatic rings. The van der Waals surface area contributed by atoms with Gasteiger partial charge in [0.25, 0.3) is 0 Å². The van der Waals surface area contributed by atoms with Crippen LogP contribution < -0.4 is 0 Å². The maximum atomic E-state index is 11.9. The minimum absolute atomic E-state index is 0.191. The van der Waals surface area contributed by atoms with Gasteiger partial charge in [-0.05, 0) is 26.0 Å². The second-order valence-electron chi connectivity index (χ2n) is 4.54. The van der Waals surface area contributed by atoms with Crippen molar-refractivity contribution in [1.82, 2.24) is 4.57 Å². The van der Waals surface area contributed by atoms with E-state index in [-0.39, 0.29) is 6.04 Å². The molecule has 0 saturated heterocycles. The molecule has 19 heavy (non-hydrogen) atoms. The first-order chi connectivity index (χ1) is 8.99. The van der Waals surface area contributed by atoms with Crippen LogP contribution in [0.5, 0.6) is 0 Å². The average Bonchev–Trinajstić information content (AvgIpc) is 2.75. The second kappa shape index (κ2) is 5.17. The van der Waals surface area contributed by atoms with Crippen LogP contribution in [-0.2, 0) is 4.74 Å². The number of hydrogen-bond acceptors (Lipinski definition) is 3. The number of carbonyl (C=O) groups excluding carboxylic acids is 2. The molecule has 0 aliphatic heterocycles. The molecule has 1 aromatic carbocycles. The monoisotopic (exact) mass is 323 g/mol. The molecule has 4 nitrogen and oxygen atoms in total. The lowest BCUT2D eigenvalue weighted by molar-refractivity contribution is 0.0603. The summed E-state index contributed by atoms with van der Waals surface area (Å²) in [7, 11) is 1.33. The van der Waals surface area contributed by atoms with E-state index in [1.807, 2.05) is 24.5 Å². The van der Waals surface area contributed by atoms with Gasteiger partial charge in [0.15, 0.2) is 6.29 Å². The van der Waals surface area contributed by atoms with Crippen molar-refractivity contribution in [1.29, 1.82) is 0 Å². The summed E-state index contributed by atoms with van der Waals surface area (Å²) in [5.41, 5.74) is 1.73. The van der Waals surface area contributed by atoms with Crippen LogP contribution in [0.1, 0.15) is 40.6 Å². The van der Waals surface area contributed by atoms with Gasteiger partial charge in [-0.2, -0.15) is 0 Å². The Morgan fingerprint density at radius 3 is 2.63 bits per heavy atom. The molecule has 2 rings (SSSR count). The highest BCUT2D eigenvalue weighted by molar-refractivity contribution is 9.10. The van der Waals surface area contributed by atoms with Gasteiger partial charge in [-0.25, -0.2) is 4.79 Å². The number of ether oxygens (including phenoxy) is 1. The highest BCUT2D eigenvalue weighted by Gasteiger charge is 2.19. The van der Waals surface area contributed by atoms with Gasteiger partial charge >= 0.3 is 5.97 Å². The number of methoxy groups -OCH3 is 1. The topological polar surface area (TPSA) is 48.3 Å². The minimum atomic E-state index is -0.448. The molecule has 2 aromatic rings. The number of benzene rings is 1. The lowest BCUT2D eigenvalue weighted by Crippen LogP contribution is -2.03. The zero-order valence-electron chi connectivity index (χ0n) is 10.9. The van der Waals surface area contributed by atoms with E-state index in [0.29, 0.717) is 16.5 Å². The third-order valence-corrected chi connectivity index (χ3v) is 3.47. The molecule has 1 heterocycles. The normalized spacial score (nSPS) is 11.0. The van der Waals surface area contributed by atoms with Crippen molar-refractivity contribution in [2.75, 3.05) is 7.11 Å². The van der Waals surface area contributed by atoms with Crippen LogP contribution in [0.25, 0.3) is 10.9 Å². The molecule has 0 spiro atoms. The predicted molar refractivity (Wildman–Crippen MR) is 76.8 cm³/mol. The first kappa shape index (κ1) is 13.8. The maximum absolute atomic E-state index is 11.9. The Morgan fingerprint density at radius 1 is 1.42 bits per heavy atom. The van der Waals surface area contributed by atoms with E-state index in [4.69, 9.17) is 4.74 Å². The third kappa shape index (κ3) is 2.30. The van der Waals surface area contributed by atoms with Crippen LogP contribution in [0.3, 0.4) is 0 Å². The Hall–Kier alpha value is -1.62. The molecule has 0 radical (unpaired) electrons. The van der Waals surface area contributed by atoms with Crippen molar-refractivity contribution in [2.45, 2.75) is 19.9 Å². The fourth-order valence-electron chi connectivity index (χ4n) is 2.17. The first-order valence-electron chi connectivity index (χ1n) is 5.87. The Bertz CT molecular complexity index is 658. The fourth-order valence-corrected chi connectivity index (χ4v) is 2.62. The van der Waals surface area contributed by atoms with E-state index < -0.39 is 5.97 Å². The summed E-state index contributed by atoms with van der Waals surface area (Å²) in [6, 6.07) is 3.76. The number of hydrogen-bond donors (Lipinski definition) is 0. The molecule has 0 amide bonds. The van der Waals surface area contributed by atoms with Crippen molar-refractivity contribution < 1.29 is 14.3 Å². The smallest absolute Gasteiger partial charge is 0.338 e. The summed E-state index contributed by atoms with van der Waals surface area (Å²) < 4.78 is 7.53. The van der Waals surface area contributed by atoms with Crippen LogP contribution in [0, 0.1) is 0 Å². The van der Waals surface area contributed by atoms with Gasteiger partial charge in [0, 0.05) is 27.7 Å². The SMILES string of the molecule is COC(=O)c1cc(Br)cc2c1c(C=O)cn2C(C)C. The van der Waals surface area contributed by atoms with E-state index >= 15 is 0 Å². The zero-order chi connectivity index (χ0) is 14.2. The van der Waals surface area contributed by atoms with E-state index in [1.54, 1.807) is 12.3 Å². The summed E-state index contributed by atoms with van der Waals surface area (Å²) in [6.45, 7) is 4.04. The molecule has 1 aromatic heterocycles. The molecular formula is C14H14BrNO3. The van der Waals surface area contributed by atoms with Crippen LogP contribution in [0.4, 0.5) is 0 Å². The number of aromatic nitrogens is 1. The van der Waals surface area contributed by atoms with E-state index in [1.165, 1.54) is 7.11 Å². The minimum Gasteiger partial charge on any atom is -0.465 e. The number of nitrogens with zero attached hydrogens (tertiary/aromatic N) is 1. The van der Waals surface area contributed by atoms with Crippen LogP contribution in [0.2, 0.25) is 0 Å². The summed E-state index contributed by atoms with van der Waals surface area (Å²) in [5.74, 6) is -0.448. The third-order valence-electron chi connectivity index (χ3n) is 3.02. The summed E-state index contributed by atoms with van der Waals surface area (Å²) >= 11 is 3.39. The Kier molecular flexibility index (Phi) is 3.75. The van der Waals surface area contributed by atoms with Gasteiger partial charge in [0.05, 0.1) is 18.2 Å². The van der Waals surface area contributed by atoms with Crippen molar-refractivity contribution in [3.8, 4) is 0 Å². The molecular weight excluding hydrogens is 310 g/mol. The highest BCUT2D eigenvalue weighted by Crippen LogP contribution is 2.30. The average molecular weight is 324 g/mol. The fraction of sp³-hybridized carbons (Fsp3) is 0.286. The van der Waals surface area contributed by atoms with Crippen LogP contribution in [-0.4, -0.2) is 23.9 Å². The van der Waals surface area contributed by atoms with Gasteiger partial charge in [0.2, 0.25) is 0 Å². The molecule has 0 bridgehead atoms. The molecule has 0 N–H and O–H groups in total. The molecule has 5 heteroatoms. The Labute approximate surface area is 119 Å². The highest BCUT2D eigenvalue weighted by atomic mass is 79.9. The summed E-state index contributed by atoms with van der Waals surface area (Å²) in [4.78, 5) is 23.1. The van der Waals surface area contributed by atoms with Gasteiger partial charge in [0.1, 0.15) is 0 Å². The van der Waals surface area contributed by atoms with Gasteiger partial charge < -0.3 is 9.30 Å². The van der Waals surface area contributed by atoms with Crippen molar-refractivity contribution in [2.24, 2.45) is 0 Å². The lowest BCUT2D eigenvalue weighted by Gasteiger charge is -2.10. The molecule has 0 unspecified atom stereocenters. The Balaban J connectivity index is 2.90. The Morgan fingerprint density at radius 2 is 2.11 bits per heavy atom. The van der Waals surface area contributed by atoms with E-state index in [9.17, 15) is 9.59 Å². The van der Waals surface area contributed by atoms with Crippen molar-refractivity contribution >= 4 is 39.1 Å². The van der Waals surface area contributed by atoms with Crippen LogP contribution >= 0.6 is 15.9 Å². The quantitative estimate of drug-likeness (QED) is 0.640. The van der Waals surface area contributed by atoms with Crippen molar-refractivity contribution in [3.63, 3.8) is 0 Å². The number of aldehydes is 1. The number of carbonyl (C=O) groups is 2. The summed E-state index contributed by atoms with van der Waals surface area (Å²) in [5, 5.41) is 0.638. The largest absolute Gasteiger partial charge is 0.465 e. The standard InChI is InChI=1S/C14H14BrNO3/c1-8(2)16-6-9(7-17)13-11(14(18)19-3)4-10(15)5-12(13)16/h4-8H,1-3H3.